The summed E-state index contributed by atoms with van der Waals surface area (Å²) >= 11 is 0. The summed E-state index contributed by atoms with van der Waals surface area (Å²) in [6.07, 6.45) is 2.44. The van der Waals surface area contributed by atoms with E-state index in [2.05, 4.69) is 44.0 Å². The zero-order chi connectivity index (χ0) is 12.9. The van der Waals surface area contributed by atoms with E-state index in [4.69, 9.17) is 4.74 Å². The summed E-state index contributed by atoms with van der Waals surface area (Å²) in [5, 5.41) is 0. The van der Waals surface area contributed by atoms with E-state index in [1.54, 1.807) is 7.11 Å². The average molecular weight is 245 g/mol. The number of hydrogen-bond acceptors (Lipinski definition) is 2. The molecular weight excluding hydrogens is 222 g/mol. The first kappa shape index (κ1) is 12.0. The van der Waals surface area contributed by atoms with Gasteiger partial charge in [0.25, 0.3) is 0 Å². The Kier molecular flexibility index (Phi) is 2.67. The van der Waals surface area contributed by atoms with Gasteiger partial charge in [0.15, 0.2) is 0 Å². The van der Waals surface area contributed by atoms with E-state index in [1.807, 2.05) is 0 Å². The summed E-state index contributed by atoms with van der Waals surface area (Å²) in [5.74, 6) is 1.72. The Morgan fingerprint density at radius 2 is 2.17 bits per heavy atom. The van der Waals surface area contributed by atoms with Crippen LogP contribution in [0.25, 0.3) is 0 Å². The van der Waals surface area contributed by atoms with Gasteiger partial charge in [-0.15, -0.1) is 0 Å². The number of fused-ring (bicyclic) bond motifs is 4. The van der Waals surface area contributed by atoms with E-state index in [1.165, 1.54) is 30.5 Å². The first-order valence-corrected chi connectivity index (χ1v) is 6.94. The Bertz CT molecular complexity index is 470. The highest BCUT2D eigenvalue weighted by Crippen LogP contribution is 2.48. The zero-order valence-electron chi connectivity index (χ0n) is 11.9. The van der Waals surface area contributed by atoms with Crippen molar-refractivity contribution in [2.45, 2.75) is 38.1 Å². The minimum atomic E-state index is 0.319. The minimum Gasteiger partial charge on any atom is -0.497 e. The van der Waals surface area contributed by atoms with Crippen molar-refractivity contribution in [3.63, 3.8) is 0 Å². The van der Waals surface area contributed by atoms with Gasteiger partial charge in [0.1, 0.15) is 5.75 Å². The first-order chi connectivity index (χ1) is 8.56. The highest BCUT2D eigenvalue weighted by molar-refractivity contribution is 5.44. The van der Waals surface area contributed by atoms with Crippen molar-refractivity contribution in [2.24, 2.45) is 5.92 Å². The monoisotopic (exact) mass is 245 g/mol. The quantitative estimate of drug-likeness (QED) is 0.754. The lowest BCUT2D eigenvalue weighted by Crippen LogP contribution is -2.56. The van der Waals surface area contributed by atoms with Gasteiger partial charge in [-0.25, -0.2) is 0 Å². The second-order valence-electron chi connectivity index (χ2n) is 6.23. The van der Waals surface area contributed by atoms with Crippen LogP contribution in [0.2, 0.25) is 0 Å². The molecule has 0 aromatic heterocycles. The Balaban J connectivity index is 2.13. The fourth-order valence-electron chi connectivity index (χ4n) is 3.94. The molecule has 0 N–H and O–H groups in total. The summed E-state index contributed by atoms with van der Waals surface area (Å²) < 4.78 is 5.41. The van der Waals surface area contributed by atoms with Gasteiger partial charge >= 0.3 is 0 Å². The third-order valence-corrected chi connectivity index (χ3v) is 5.49. The van der Waals surface area contributed by atoms with E-state index >= 15 is 0 Å². The molecule has 2 heteroatoms. The molecular formula is C16H23NO. The largest absolute Gasteiger partial charge is 0.497 e. The third-order valence-electron chi connectivity index (χ3n) is 5.49. The summed E-state index contributed by atoms with van der Waals surface area (Å²) in [4.78, 5) is 2.54. The van der Waals surface area contributed by atoms with Gasteiger partial charge in [-0.1, -0.05) is 19.9 Å². The molecule has 98 valence electrons. The van der Waals surface area contributed by atoms with Crippen molar-refractivity contribution >= 4 is 0 Å². The predicted molar refractivity (Wildman–Crippen MR) is 74.2 cm³/mol. The second kappa shape index (κ2) is 3.99. The van der Waals surface area contributed by atoms with E-state index in [0.717, 1.165) is 11.7 Å². The van der Waals surface area contributed by atoms with Crippen molar-refractivity contribution in [3.8, 4) is 5.75 Å². The van der Waals surface area contributed by atoms with Crippen LogP contribution in [-0.4, -0.2) is 31.6 Å². The fourth-order valence-corrected chi connectivity index (χ4v) is 3.94. The maximum absolute atomic E-state index is 5.41. The number of likely N-dealkylation sites (tertiary alicyclic amines) is 1. The van der Waals surface area contributed by atoms with Crippen LogP contribution in [0.3, 0.4) is 0 Å². The molecule has 2 nitrogen and oxygen atoms in total. The number of piperidine rings is 1. The molecule has 1 aromatic rings. The number of nitrogens with zero attached hydrogens (tertiary/aromatic N) is 1. The maximum atomic E-state index is 5.41. The van der Waals surface area contributed by atoms with Crippen LogP contribution in [0.15, 0.2) is 18.2 Å². The van der Waals surface area contributed by atoms with E-state index in [-0.39, 0.29) is 0 Å². The highest BCUT2D eigenvalue weighted by Gasteiger charge is 2.47. The molecule has 1 aromatic carbocycles. The average Bonchev–Trinajstić information content (AvgIpc) is 2.38. The number of likely N-dealkylation sites (N-methyl/N-ethyl adjacent to an activating group) is 1. The summed E-state index contributed by atoms with van der Waals surface area (Å²) in [6, 6.07) is 7.34. The maximum Gasteiger partial charge on any atom is 0.119 e. The summed E-state index contributed by atoms with van der Waals surface area (Å²) in [5.41, 5.74) is 3.37. The van der Waals surface area contributed by atoms with Crippen molar-refractivity contribution in [3.05, 3.63) is 29.3 Å². The summed E-state index contributed by atoms with van der Waals surface area (Å²) in [6.45, 7) is 6.07. The molecule has 1 saturated heterocycles. The number of ether oxygens (including phenoxy) is 1. The molecule has 3 rings (SSSR count). The number of benzene rings is 1. The van der Waals surface area contributed by atoms with Gasteiger partial charge in [-0.2, -0.15) is 0 Å². The van der Waals surface area contributed by atoms with Gasteiger partial charge in [0, 0.05) is 6.04 Å². The lowest BCUT2D eigenvalue weighted by atomic mass is 9.59. The molecule has 1 aliphatic carbocycles. The third kappa shape index (κ3) is 1.51. The van der Waals surface area contributed by atoms with Crippen molar-refractivity contribution in [1.82, 2.24) is 4.90 Å². The molecule has 1 aliphatic heterocycles. The molecule has 0 radical (unpaired) electrons. The Morgan fingerprint density at radius 1 is 1.39 bits per heavy atom. The van der Waals surface area contributed by atoms with Gasteiger partial charge in [-0.3, -0.25) is 0 Å². The standard InChI is InChI=1S/C16H23NO/c1-11-15-9-12-5-6-13(18-4)10-14(12)16(11,2)7-8-17(15)3/h5-6,10-11,15H,7-9H2,1-4H3/t11?,15-,16-/m0/s1. The van der Waals surface area contributed by atoms with Gasteiger partial charge < -0.3 is 9.64 Å². The zero-order valence-corrected chi connectivity index (χ0v) is 11.9. The van der Waals surface area contributed by atoms with E-state index in [0.29, 0.717) is 11.5 Å². The van der Waals surface area contributed by atoms with Gasteiger partial charge in [-0.05, 0) is 61.0 Å². The number of hydrogen-bond donors (Lipinski definition) is 0. The molecule has 1 heterocycles. The molecule has 0 amide bonds. The van der Waals surface area contributed by atoms with Crippen LogP contribution in [0.1, 0.15) is 31.4 Å². The predicted octanol–water partition coefficient (Wildman–Crippen LogP) is 2.85. The fraction of sp³-hybridized carbons (Fsp3) is 0.625. The van der Waals surface area contributed by atoms with Gasteiger partial charge in [0.05, 0.1) is 7.11 Å². The number of methoxy groups -OCH3 is 1. The van der Waals surface area contributed by atoms with Crippen molar-refractivity contribution in [2.75, 3.05) is 20.7 Å². The van der Waals surface area contributed by atoms with E-state index < -0.39 is 0 Å². The van der Waals surface area contributed by atoms with Gasteiger partial charge in [0.2, 0.25) is 0 Å². The molecule has 18 heavy (non-hydrogen) atoms. The van der Waals surface area contributed by atoms with Crippen LogP contribution in [-0.2, 0) is 11.8 Å². The highest BCUT2D eigenvalue weighted by atomic mass is 16.5. The van der Waals surface area contributed by atoms with Crippen LogP contribution >= 0.6 is 0 Å². The molecule has 0 saturated carbocycles. The first-order valence-electron chi connectivity index (χ1n) is 6.94. The smallest absolute Gasteiger partial charge is 0.119 e. The Hall–Kier alpha value is -1.02. The normalized spacial score (nSPS) is 35.1. The van der Waals surface area contributed by atoms with Crippen LogP contribution < -0.4 is 4.74 Å². The second-order valence-corrected chi connectivity index (χ2v) is 6.23. The van der Waals surface area contributed by atoms with Crippen molar-refractivity contribution in [1.29, 1.82) is 0 Å². The molecule has 2 aliphatic rings. The lowest BCUT2D eigenvalue weighted by Gasteiger charge is -2.53. The topological polar surface area (TPSA) is 12.5 Å². The Morgan fingerprint density at radius 3 is 2.89 bits per heavy atom. The SMILES string of the molecule is COc1ccc2c(c1)[C@@]1(C)CCN(C)[C@@H](C2)C1C. The molecule has 0 spiro atoms. The lowest BCUT2D eigenvalue weighted by molar-refractivity contribution is 0.0506. The number of rotatable bonds is 1. The molecule has 3 atom stereocenters. The molecule has 2 bridgehead atoms. The van der Waals surface area contributed by atoms with Crippen molar-refractivity contribution < 1.29 is 4.74 Å². The van der Waals surface area contributed by atoms with Crippen LogP contribution in [0.4, 0.5) is 0 Å². The molecule has 1 unspecified atom stereocenters. The summed E-state index contributed by atoms with van der Waals surface area (Å²) in [7, 11) is 4.03. The minimum absolute atomic E-state index is 0.319. The van der Waals surface area contributed by atoms with Crippen LogP contribution in [0.5, 0.6) is 5.75 Å². The molecule has 1 fully saturated rings. The van der Waals surface area contributed by atoms with E-state index in [9.17, 15) is 0 Å². The van der Waals surface area contributed by atoms with Crippen LogP contribution in [0, 0.1) is 5.92 Å². The Labute approximate surface area is 110 Å².